The SMILES string of the molecule is Fc1ccc(-c2ccc(OCCCCBr)cc2)cc1. The van der Waals surface area contributed by atoms with Crippen LogP contribution in [-0.2, 0) is 0 Å². The first-order valence-corrected chi connectivity index (χ1v) is 7.46. The average Bonchev–Trinajstić information content (AvgIpc) is 2.45. The van der Waals surface area contributed by atoms with Gasteiger partial charge in [0.1, 0.15) is 11.6 Å². The minimum absolute atomic E-state index is 0.213. The maximum absolute atomic E-state index is 12.8. The lowest BCUT2D eigenvalue weighted by molar-refractivity contribution is 0.310. The minimum atomic E-state index is -0.213. The molecule has 0 spiro atoms. The summed E-state index contributed by atoms with van der Waals surface area (Å²) in [4.78, 5) is 0. The van der Waals surface area contributed by atoms with Gasteiger partial charge in [0, 0.05) is 5.33 Å². The van der Waals surface area contributed by atoms with E-state index in [4.69, 9.17) is 4.74 Å². The highest BCUT2D eigenvalue weighted by molar-refractivity contribution is 9.09. The Hall–Kier alpha value is -1.35. The molecule has 0 N–H and O–H groups in total. The first kappa shape index (κ1) is 14.1. The van der Waals surface area contributed by atoms with Crippen molar-refractivity contribution in [2.75, 3.05) is 11.9 Å². The lowest BCUT2D eigenvalue weighted by Crippen LogP contribution is -1.97. The predicted octanol–water partition coefficient (Wildman–Crippen LogP) is 5.05. The summed E-state index contributed by atoms with van der Waals surface area (Å²) < 4.78 is 18.5. The zero-order chi connectivity index (χ0) is 13.5. The molecule has 0 aliphatic heterocycles. The molecule has 3 heteroatoms. The van der Waals surface area contributed by atoms with Crippen molar-refractivity contribution in [1.82, 2.24) is 0 Å². The number of hydrogen-bond donors (Lipinski definition) is 0. The molecular weight excluding hydrogens is 307 g/mol. The van der Waals surface area contributed by atoms with Crippen molar-refractivity contribution in [1.29, 1.82) is 0 Å². The van der Waals surface area contributed by atoms with Crippen LogP contribution in [0.25, 0.3) is 11.1 Å². The molecule has 0 amide bonds. The Kier molecular flexibility index (Phi) is 5.40. The van der Waals surface area contributed by atoms with Crippen molar-refractivity contribution in [2.24, 2.45) is 0 Å². The third-order valence-electron chi connectivity index (χ3n) is 2.83. The zero-order valence-electron chi connectivity index (χ0n) is 10.6. The number of halogens is 2. The highest BCUT2D eigenvalue weighted by Crippen LogP contribution is 2.22. The van der Waals surface area contributed by atoms with E-state index in [2.05, 4.69) is 15.9 Å². The average molecular weight is 323 g/mol. The summed E-state index contributed by atoms with van der Waals surface area (Å²) in [5.41, 5.74) is 2.07. The van der Waals surface area contributed by atoms with Gasteiger partial charge in [0.15, 0.2) is 0 Å². The second-order valence-electron chi connectivity index (χ2n) is 4.28. The van der Waals surface area contributed by atoms with Gasteiger partial charge in [-0.25, -0.2) is 4.39 Å². The Morgan fingerprint density at radius 3 is 2.00 bits per heavy atom. The van der Waals surface area contributed by atoms with Gasteiger partial charge < -0.3 is 4.74 Å². The fourth-order valence-corrected chi connectivity index (χ4v) is 2.17. The molecule has 0 aromatic heterocycles. The van der Waals surface area contributed by atoms with Crippen LogP contribution in [0.2, 0.25) is 0 Å². The highest BCUT2D eigenvalue weighted by atomic mass is 79.9. The van der Waals surface area contributed by atoms with Crippen LogP contribution >= 0.6 is 15.9 Å². The normalized spacial score (nSPS) is 10.4. The summed E-state index contributed by atoms with van der Waals surface area (Å²) >= 11 is 3.39. The molecule has 0 fully saturated rings. The monoisotopic (exact) mass is 322 g/mol. The van der Waals surface area contributed by atoms with Gasteiger partial charge in [0.25, 0.3) is 0 Å². The van der Waals surface area contributed by atoms with Crippen LogP contribution in [0.5, 0.6) is 5.75 Å². The van der Waals surface area contributed by atoms with Gasteiger partial charge in [0.2, 0.25) is 0 Å². The molecule has 2 rings (SSSR count). The molecule has 100 valence electrons. The van der Waals surface area contributed by atoms with Gasteiger partial charge in [0.05, 0.1) is 6.61 Å². The van der Waals surface area contributed by atoms with Crippen LogP contribution in [0.3, 0.4) is 0 Å². The van der Waals surface area contributed by atoms with Crippen LogP contribution in [0.15, 0.2) is 48.5 Å². The van der Waals surface area contributed by atoms with Gasteiger partial charge in [-0.15, -0.1) is 0 Å². The maximum atomic E-state index is 12.8. The second kappa shape index (κ2) is 7.29. The molecule has 19 heavy (non-hydrogen) atoms. The lowest BCUT2D eigenvalue weighted by atomic mass is 10.1. The molecule has 0 aliphatic carbocycles. The van der Waals surface area contributed by atoms with E-state index in [-0.39, 0.29) is 5.82 Å². The Balaban J connectivity index is 1.96. The predicted molar refractivity (Wildman–Crippen MR) is 80.4 cm³/mol. The fourth-order valence-electron chi connectivity index (χ4n) is 1.77. The molecule has 0 saturated heterocycles. The van der Waals surface area contributed by atoms with Crippen LogP contribution < -0.4 is 4.74 Å². The van der Waals surface area contributed by atoms with Crippen LogP contribution in [0.1, 0.15) is 12.8 Å². The molecule has 0 radical (unpaired) electrons. The third-order valence-corrected chi connectivity index (χ3v) is 3.39. The quantitative estimate of drug-likeness (QED) is 0.534. The van der Waals surface area contributed by atoms with E-state index in [0.29, 0.717) is 0 Å². The van der Waals surface area contributed by atoms with Crippen molar-refractivity contribution >= 4 is 15.9 Å². The number of rotatable bonds is 6. The molecule has 0 bridgehead atoms. The van der Waals surface area contributed by atoms with Gasteiger partial charge in [-0.2, -0.15) is 0 Å². The standard InChI is InChI=1S/C16H16BrFO/c17-11-1-2-12-19-16-9-5-14(6-10-16)13-3-7-15(18)8-4-13/h3-10H,1-2,11-12H2. The van der Waals surface area contributed by atoms with Gasteiger partial charge >= 0.3 is 0 Å². The number of alkyl halides is 1. The van der Waals surface area contributed by atoms with Crippen LogP contribution in [0.4, 0.5) is 4.39 Å². The summed E-state index contributed by atoms with van der Waals surface area (Å²) in [6.45, 7) is 0.738. The van der Waals surface area contributed by atoms with E-state index in [1.807, 2.05) is 24.3 Å². The van der Waals surface area contributed by atoms with Crippen LogP contribution in [0, 0.1) is 5.82 Å². The van der Waals surface area contributed by atoms with Crippen molar-refractivity contribution in [2.45, 2.75) is 12.8 Å². The maximum Gasteiger partial charge on any atom is 0.123 e. The molecule has 0 heterocycles. The Morgan fingerprint density at radius 2 is 1.42 bits per heavy atom. The topological polar surface area (TPSA) is 9.23 Å². The molecule has 0 saturated carbocycles. The summed E-state index contributed by atoms with van der Waals surface area (Å²) in [6.07, 6.45) is 2.17. The highest BCUT2D eigenvalue weighted by Gasteiger charge is 1.99. The number of ether oxygens (including phenoxy) is 1. The first-order valence-electron chi connectivity index (χ1n) is 6.34. The van der Waals surface area contributed by atoms with Gasteiger partial charge in [-0.05, 0) is 48.2 Å². The molecule has 0 atom stereocenters. The van der Waals surface area contributed by atoms with Crippen molar-refractivity contribution in [3.05, 3.63) is 54.3 Å². The molecule has 0 unspecified atom stereocenters. The molecule has 1 nitrogen and oxygen atoms in total. The summed E-state index contributed by atoms with van der Waals surface area (Å²) in [5, 5.41) is 1.01. The van der Waals surface area contributed by atoms with E-state index >= 15 is 0 Å². The number of hydrogen-bond acceptors (Lipinski definition) is 1. The minimum Gasteiger partial charge on any atom is -0.494 e. The van der Waals surface area contributed by atoms with Crippen molar-refractivity contribution in [3.8, 4) is 16.9 Å². The summed E-state index contributed by atoms with van der Waals surface area (Å²) in [7, 11) is 0. The van der Waals surface area contributed by atoms with Gasteiger partial charge in [-0.1, -0.05) is 40.2 Å². The lowest BCUT2D eigenvalue weighted by Gasteiger charge is -2.07. The largest absolute Gasteiger partial charge is 0.494 e. The fraction of sp³-hybridized carbons (Fsp3) is 0.250. The van der Waals surface area contributed by atoms with Crippen molar-refractivity contribution < 1.29 is 9.13 Å². The molecular formula is C16H16BrFO. The van der Waals surface area contributed by atoms with E-state index in [9.17, 15) is 4.39 Å². The Bertz CT molecular complexity index is 493. The molecule has 2 aromatic carbocycles. The first-order chi connectivity index (χ1) is 9.29. The van der Waals surface area contributed by atoms with E-state index in [0.717, 1.165) is 41.7 Å². The van der Waals surface area contributed by atoms with Crippen LogP contribution in [-0.4, -0.2) is 11.9 Å². The summed E-state index contributed by atoms with van der Waals surface area (Å²) in [5.74, 6) is 0.663. The second-order valence-corrected chi connectivity index (χ2v) is 5.07. The number of benzene rings is 2. The zero-order valence-corrected chi connectivity index (χ0v) is 12.2. The van der Waals surface area contributed by atoms with E-state index in [1.54, 1.807) is 12.1 Å². The Morgan fingerprint density at radius 1 is 0.842 bits per heavy atom. The third kappa shape index (κ3) is 4.35. The molecule has 0 aliphatic rings. The molecule has 2 aromatic rings. The van der Waals surface area contributed by atoms with Crippen molar-refractivity contribution in [3.63, 3.8) is 0 Å². The Labute approximate surface area is 121 Å². The van der Waals surface area contributed by atoms with Gasteiger partial charge in [-0.3, -0.25) is 0 Å². The van der Waals surface area contributed by atoms with E-state index < -0.39 is 0 Å². The number of unbranched alkanes of at least 4 members (excludes halogenated alkanes) is 1. The van der Waals surface area contributed by atoms with E-state index in [1.165, 1.54) is 12.1 Å². The summed E-state index contributed by atoms with van der Waals surface area (Å²) in [6, 6.07) is 14.4. The smallest absolute Gasteiger partial charge is 0.123 e.